The SMILES string of the molecule is CS(=O)(=O)NC(=O)CSc1ccc2c(c1)OCCO2. The summed E-state index contributed by atoms with van der Waals surface area (Å²) in [6.45, 7) is 1.02. The van der Waals surface area contributed by atoms with Gasteiger partial charge >= 0.3 is 0 Å². The zero-order valence-corrected chi connectivity index (χ0v) is 11.8. The zero-order valence-electron chi connectivity index (χ0n) is 10.2. The van der Waals surface area contributed by atoms with E-state index in [1.807, 2.05) is 4.72 Å². The Labute approximate surface area is 115 Å². The van der Waals surface area contributed by atoms with Gasteiger partial charge in [-0.05, 0) is 18.2 Å². The van der Waals surface area contributed by atoms with Crippen molar-refractivity contribution < 1.29 is 22.7 Å². The lowest BCUT2D eigenvalue weighted by atomic mass is 10.3. The van der Waals surface area contributed by atoms with Crippen LogP contribution in [0, 0.1) is 0 Å². The summed E-state index contributed by atoms with van der Waals surface area (Å²) >= 11 is 1.23. The van der Waals surface area contributed by atoms with E-state index in [0.29, 0.717) is 24.7 Å². The molecule has 0 aliphatic carbocycles. The van der Waals surface area contributed by atoms with Crippen molar-refractivity contribution in [1.29, 1.82) is 0 Å². The van der Waals surface area contributed by atoms with Crippen molar-refractivity contribution in [2.45, 2.75) is 4.90 Å². The van der Waals surface area contributed by atoms with Gasteiger partial charge in [0.2, 0.25) is 15.9 Å². The highest BCUT2D eigenvalue weighted by Crippen LogP contribution is 2.34. The number of hydrogen-bond donors (Lipinski definition) is 1. The first-order valence-electron chi connectivity index (χ1n) is 5.47. The van der Waals surface area contributed by atoms with Crippen LogP contribution in [0.4, 0.5) is 0 Å². The maximum absolute atomic E-state index is 11.4. The molecule has 1 aliphatic rings. The summed E-state index contributed by atoms with van der Waals surface area (Å²) in [4.78, 5) is 12.2. The average molecular weight is 303 g/mol. The molecule has 0 saturated heterocycles. The molecule has 1 N–H and O–H groups in total. The zero-order chi connectivity index (χ0) is 13.9. The number of ether oxygens (including phenoxy) is 2. The summed E-state index contributed by atoms with van der Waals surface area (Å²) < 4.78 is 34.4. The summed E-state index contributed by atoms with van der Waals surface area (Å²) in [6.07, 6.45) is 0.944. The maximum atomic E-state index is 11.4. The standard InChI is InChI=1S/C11H13NO5S2/c1-19(14,15)12-11(13)7-18-8-2-3-9-10(6-8)17-5-4-16-9/h2-3,6H,4-5,7H2,1H3,(H,12,13). The third-order valence-corrected chi connectivity index (χ3v) is 3.78. The van der Waals surface area contributed by atoms with Gasteiger partial charge in [-0.2, -0.15) is 0 Å². The van der Waals surface area contributed by atoms with E-state index in [-0.39, 0.29) is 5.75 Å². The van der Waals surface area contributed by atoms with Crippen LogP contribution in [0.3, 0.4) is 0 Å². The first-order chi connectivity index (χ1) is 8.94. The Morgan fingerprint density at radius 3 is 2.68 bits per heavy atom. The van der Waals surface area contributed by atoms with Crippen molar-refractivity contribution in [3.8, 4) is 11.5 Å². The Balaban J connectivity index is 1.95. The van der Waals surface area contributed by atoms with Gasteiger partial charge in [-0.15, -0.1) is 11.8 Å². The number of sulfonamides is 1. The van der Waals surface area contributed by atoms with Crippen molar-refractivity contribution in [2.75, 3.05) is 25.2 Å². The summed E-state index contributed by atoms with van der Waals surface area (Å²) in [5.41, 5.74) is 0. The van der Waals surface area contributed by atoms with Crippen LogP contribution in [-0.4, -0.2) is 39.5 Å². The minimum absolute atomic E-state index is 0.0205. The van der Waals surface area contributed by atoms with E-state index in [0.717, 1.165) is 11.2 Å². The van der Waals surface area contributed by atoms with Gasteiger partial charge < -0.3 is 9.47 Å². The molecule has 1 aliphatic heterocycles. The Hall–Kier alpha value is -1.41. The molecule has 0 radical (unpaired) electrons. The highest BCUT2D eigenvalue weighted by molar-refractivity contribution is 8.00. The van der Waals surface area contributed by atoms with Gasteiger partial charge in [0.05, 0.1) is 12.0 Å². The smallest absolute Gasteiger partial charge is 0.243 e. The third kappa shape index (κ3) is 4.32. The molecule has 0 atom stereocenters. The van der Waals surface area contributed by atoms with Crippen molar-refractivity contribution in [2.24, 2.45) is 0 Å². The Morgan fingerprint density at radius 2 is 2.00 bits per heavy atom. The minimum atomic E-state index is -3.50. The van der Waals surface area contributed by atoms with Gasteiger partial charge in [0.25, 0.3) is 0 Å². The second kappa shape index (κ2) is 5.70. The maximum Gasteiger partial charge on any atom is 0.243 e. The molecular weight excluding hydrogens is 290 g/mol. The monoisotopic (exact) mass is 303 g/mol. The van der Waals surface area contributed by atoms with Gasteiger partial charge in [-0.1, -0.05) is 0 Å². The van der Waals surface area contributed by atoms with E-state index in [9.17, 15) is 13.2 Å². The third-order valence-electron chi connectivity index (χ3n) is 2.18. The van der Waals surface area contributed by atoms with Crippen molar-refractivity contribution >= 4 is 27.7 Å². The number of nitrogens with one attached hydrogen (secondary N) is 1. The Kier molecular flexibility index (Phi) is 4.20. The summed E-state index contributed by atoms with van der Waals surface area (Å²) in [7, 11) is -3.50. The molecule has 0 aromatic heterocycles. The second-order valence-electron chi connectivity index (χ2n) is 3.89. The molecule has 0 fully saturated rings. The minimum Gasteiger partial charge on any atom is -0.486 e. The number of benzene rings is 1. The molecule has 1 amide bonds. The summed E-state index contributed by atoms with van der Waals surface area (Å²) in [5.74, 6) is 0.783. The second-order valence-corrected chi connectivity index (χ2v) is 6.69. The predicted octanol–water partition coefficient (Wildman–Crippen LogP) is 0.626. The first kappa shape index (κ1) is 14.0. The predicted molar refractivity (Wildman–Crippen MR) is 71.1 cm³/mol. The van der Waals surface area contributed by atoms with Gasteiger partial charge in [-0.25, -0.2) is 8.42 Å². The van der Waals surface area contributed by atoms with Crippen molar-refractivity contribution in [3.05, 3.63) is 18.2 Å². The van der Waals surface area contributed by atoms with Gasteiger partial charge in [0.1, 0.15) is 13.2 Å². The highest BCUT2D eigenvalue weighted by Gasteiger charge is 2.13. The van der Waals surface area contributed by atoms with E-state index in [1.54, 1.807) is 18.2 Å². The molecule has 19 heavy (non-hydrogen) atoms. The van der Waals surface area contributed by atoms with Crippen molar-refractivity contribution in [3.63, 3.8) is 0 Å². The molecule has 8 heteroatoms. The van der Waals surface area contributed by atoms with E-state index in [4.69, 9.17) is 9.47 Å². The van der Waals surface area contributed by atoms with Crippen LogP contribution in [0.1, 0.15) is 0 Å². The largest absolute Gasteiger partial charge is 0.486 e. The fraction of sp³-hybridized carbons (Fsp3) is 0.364. The van der Waals surface area contributed by atoms with Crippen LogP contribution in [-0.2, 0) is 14.8 Å². The molecule has 1 heterocycles. The Bertz CT molecular complexity index is 585. The Morgan fingerprint density at radius 1 is 1.32 bits per heavy atom. The van der Waals surface area contributed by atoms with Crippen LogP contribution in [0.25, 0.3) is 0 Å². The number of rotatable bonds is 4. The topological polar surface area (TPSA) is 81.7 Å². The molecule has 0 spiro atoms. The molecule has 0 unspecified atom stereocenters. The van der Waals surface area contributed by atoms with Crippen LogP contribution >= 0.6 is 11.8 Å². The summed E-state index contributed by atoms with van der Waals surface area (Å²) in [6, 6.07) is 5.34. The van der Waals surface area contributed by atoms with Crippen molar-refractivity contribution in [1.82, 2.24) is 4.72 Å². The van der Waals surface area contributed by atoms with Crippen LogP contribution in [0.15, 0.2) is 23.1 Å². The summed E-state index contributed by atoms with van der Waals surface area (Å²) in [5, 5.41) is 0. The quantitative estimate of drug-likeness (QED) is 0.822. The van der Waals surface area contributed by atoms with Crippen LogP contribution < -0.4 is 14.2 Å². The van der Waals surface area contributed by atoms with Gasteiger partial charge in [0.15, 0.2) is 11.5 Å². The molecule has 2 rings (SSSR count). The normalized spacial score (nSPS) is 13.9. The molecule has 104 valence electrons. The number of carbonyl (C=O) groups excluding carboxylic acids is 1. The van der Waals surface area contributed by atoms with E-state index < -0.39 is 15.9 Å². The number of fused-ring (bicyclic) bond motifs is 1. The highest BCUT2D eigenvalue weighted by atomic mass is 32.2. The van der Waals surface area contributed by atoms with Gasteiger partial charge in [-0.3, -0.25) is 9.52 Å². The average Bonchev–Trinajstić information content (AvgIpc) is 2.34. The molecule has 0 saturated carbocycles. The van der Waals surface area contributed by atoms with Gasteiger partial charge in [0, 0.05) is 4.90 Å². The number of amides is 1. The lowest BCUT2D eigenvalue weighted by molar-refractivity contribution is -0.116. The van der Waals surface area contributed by atoms with Crippen LogP contribution in [0.2, 0.25) is 0 Å². The molecule has 1 aromatic carbocycles. The number of thioether (sulfide) groups is 1. The lowest BCUT2D eigenvalue weighted by Gasteiger charge is -2.18. The van der Waals surface area contributed by atoms with E-state index in [2.05, 4.69) is 0 Å². The molecule has 1 aromatic rings. The van der Waals surface area contributed by atoms with E-state index in [1.165, 1.54) is 11.8 Å². The fourth-order valence-electron chi connectivity index (χ4n) is 1.50. The molecule has 6 nitrogen and oxygen atoms in total. The molecular formula is C11H13NO5S2. The first-order valence-corrected chi connectivity index (χ1v) is 8.35. The molecule has 0 bridgehead atoms. The number of carbonyl (C=O) groups is 1. The fourth-order valence-corrected chi connectivity index (χ4v) is 2.80. The van der Waals surface area contributed by atoms with Crippen LogP contribution in [0.5, 0.6) is 11.5 Å². The number of hydrogen-bond acceptors (Lipinski definition) is 6. The lowest BCUT2D eigenvalue weighted by Crippen LogP contribution is -2.30. The van der Waals surface area contributed by atoms with E-state index >= 15 is 0 Å².